The number of benzene rings is 1. The fraction of sp³-hybridized carbons (Fsp3) is 0.647. The van der Waals surface area contributed by atoms with Crippen LogP contribution in [0.4, 0.5) is 10.1 Å². The van der Waals surface area contributed by atoms with Gasteiger partial charge in [-0.15, -0.1) is 0 Å². The van der Waals surface area contributed by atoms with Crippen LogP contribution in [-0.4, -0.2) is 44.2 Å². The van der Waals surface area contributed by atoms with Crippen LogP contribution in [0, 0.1) is 5.82 Å². The second-order valence-corrected chi connectivity index (χ2v) is 6.60. The van der Waals surface area contributed by atoms with Crippen molar-refractivity contribution in [3.8, 4) is 0 Å². The van der Waals surface area contributed by atoms with Crippen molar-refractivity contribution in [2.75, 3.05) is 32.1 Å². The van der Waals surface area contributed by atoms with E-state index in [0.29, 0.717) is 17.8 Å². The molecule has 0 bridgehead atoms. The maximum Gasteiger partial charge on any atom is 0.146 e. The first-order chi connectivity index (χ1) is 10.1. The molecule has 1 aromatic rings. The minimum atomic E-state index is -0.103. The van der Waals surface area contributed by atoms with Gasteiger partial charge in [0, 0.05) is 32.2 Å². The fourth-order valence-corrected chi connectivity index (χ4v) is 3.14. The lowest BCUT2D eigenvalue weighted by molar-refractivity contribution is 0.314. The van der Waals surface area contributed by atoms with Crippen molar-refractivity contribution in [1.29, 1.82) is 0 Å². The molecule has 116 valence electrons. The first-order valence-electron chi connectivity index (χ1n) is 8.06. The van der Waals surface area contributed by atoms with Crippen LogP contribution in [0.3, 0.4) is 0 Å². The number of anilines is 1. The predicted molar refractivity (Wildman–Crippen MR) is 85.2 cm³/mol. The van der Waals surface area contributed by atoms with Crippen LogP contribution in [0.1, 0.15) is 31.2 Å². The monoisotopic (exact) mass is 291 g/mol. The first kappa shape index (κ1) is 14.8. The highest BCUT2D eigenvalue weighted by atomic mass is 19.1. The quantitative estimate of drug-likeness (QED) is 0.869. The number of likely N-dealkylation sites (tertiary alicyclic amines) is 1. The summed E-state index contributed by atoms with van der Waals surface area (Å²) < 4.78 is 14.3. The number of nitrogens with one attached hydrogen (secondary N) is 1. The number of hydrogen-bond acceptors (Lipinski definition) is 3. The van der Waals surface area contributed by atoms with Crippen LogP contribution >= 0.6 is 0 Å². The predicted octanol–water partition coefficient (Wildman–Crippen LogP) is 2.61. The van der Waals surface area contributed by atoms with Crippen LogP contribution in [0.2, 0.25) is 0 Å². The standard InChI is InChI=1S/C17H26FN3/c1-20-9-3-4-15(20)12-21(2)17-8-5-13(10-16(17)18)11-19-14-6-7-14/h5,8,10,14-15,19H,3-4,6-7,9,11-12H2,1-2H3. The molecular formula is C17H26FN3. The molecule has 1 saturated carbocycles. The Balaban J connectivity index is 1.60. The molecule has 1 heterocycles. The van der Waals surface area contributed by atoms with Crippen LogP contribution in [0.25, 0.3) is 0 Å². The smallest absolute Gasteiger partial charge is 0.146 e. The van der Waals surface area contributed by atoms with Gasteiger partial charge in [0.25, 0.3) is 0 Å². The van der Waals surface area contributed by atoms with Gasteiger partial charge in [0.2, 0.25) is 0 Å². The molecule has 0 radical (unpaired) electrons. The van der Waals surface area contributed by atoms with Crippen molar-refractivity contribution in [3.05, 3.63) is 29.6 Å². The molecule has 1 atom stereocenters. The summed E-state index contributed by atoms with van der Waals surface area (Å²) in [7, 11) is 4.15. The zero-order chi connectivity index (χ0) is 14.8. The van der Waals surface area contributed by atoms with E-state index in [1.807, 2.05) is 19.2 Å². The van der Waals surface area contributed by atoms with E-state index in [-0.39, 0.29) is 5.82 Å². The Labute approximate surface area is 127 Å². The third-order valence-corrected chi connectivity index (χ3v) is 4.75. The highest BCUT2D eigenvalue weighted by Crippen LogP contribution is 2.24. The summed E-state index contributed by atoms with van der Waals surface area (Å²) in [5.74, 6) is -0.103. The molecule has 21 heavy (non-hydrogen) atoms. The van der Waals surface area contributed by atoms with Crippen LogP contribution in [0.5, 0.6) is 0 Å². The van der Waals surface area contributed by atoms with Gasteiger partial charge in [0.1, 0.15) is 5.82 Å². The topological polar surface area (TPSA) is 18.5 Å². The highest BCUT2D eigenvalue weighted by molar-refractivity contribution is 5.48. The lowest BCUT2D eigenvalue weighted by Crippen LogP contribution is -2.37. The van der Waals surface area contributed by atoms with Crippen molar-refractivity contribution in [1.82, 2.24) is 10.2 Å². The number of nitrogens with zero attached hydrogens (tertiary/aromatic N) is 2. The van der Waals surface area contributed by atoms with E-state index in [0.717, 1.165) is 25.2 Å². The number of likely N-dealkylation sites (N-methyl/N-ethyl adjacent to an activating group) is 2. The van der Waals surface area contributed by atoms with Crippen molar-refractivity contribution in [3.63, 3.8) is 0 Å². The molecule has 1 unspecified atom stereocenters. The van der Waals surface area contributed by atoms with E-state index in [1.165, 1.54) is 25.7 Å². The maximum absolute atomic E-state index is 14.3. The highest BCUT2D eigenvalue weighted by Gasteiger charge is 2.23. The Bertz CT molecular complexity index is 487. The van der Waals surface area contributed by atoms with Gasteiger partial charge in [-0.25, -0.2) is 4.39 Å². The van der Waals surface area contributed by atoms with E-state index in [1.54, 1.807) is 6.07 Å². The van der Waals surface area contributed by atoms with Crippen molar-refractivity contribution >= 4 is 5.69 Å². The van der Waals surface area contributed by atoms with Gasteiger partial charge < -0.3 is 15.1 Å². The molecule has 2 aliphatic rings. The maximum atomic E-state index is 14.3. The van der Waals surface area contributed by atoms with E-state index in [9.17, 15) is 4.39 Å². The van der Waals surface area contributed by atoms with Gasteiger partial charge in [-0.2, -0.15) is 0 Å². The molecule has 4 heteroatoms. The van der Waals surface area contributed by atoms with Crippen LogP contribution < -0.4 is 10.2 Å². The zero-order valence-corrected chi connectivity index (χ0v) is 13.1. The van der Waals surface area contributed by atoms with Gasteiger partial charge in [0.15, 0.2) is 0 Å². The van der Waals surface area contributed by atoms with Gasteiger partial charge in [-0.1, -0.05) is 6.07 Å². The zero-order valence-electron chi connectivity index (χ0n) is 13.1. The Morgan fingerprint density at radius 3 is 2.76 bits per heavy atom. The molecule has 0 amide bonds. The molecule has 2 fully saturated rings. The summed E-state index contributed by atoms with van der Waals surface area (Å²) in [4.78, 5) is 4.43. The van der Waals surface area contributed by atoms with Crippen molar-refractivity contribution in [2.24, 2.45) is 0 Å². The van der Waals surface area contributed by atoms with Crippen molar-refractivity contribution < 1.29 is 4.39 Å². The van der Waals surface area contributed by atoms with E-state index in [4.69, 9.17) is 0 Å². The SMILES string of the molecule is CN(CC1CCCN1C)c1ccc(CNC2CC2)cc1F. The lowest BCUT2D eigenvalue weighted by Gasteiger charge is -2.27. The minimum absolute atomic E-state index is 0.103. The Kier molecular flexibility index (Phi) is 4.45. The van der Waals surface area contributed by atoms with Gasteiger partial charge in [0.05, 0.1) is 5.69 Å². The first-order valence-corrected chi connectivity index (χ1v) is 8.06. The molecule has 1 aliphatic carbocycles. The van der Waals surface area contributed by atoms with E-state index >= 15 is 0 Å². The Morgan fingerprint density at radius 2 is 2.14 bits per heavy atom. The molecule has 1 aliphatic heterocycles. The molecule has 0 aromatic heterocycles. The van der Waals surface area contributed by atoms with Gasteiger partial charge in [-0.3, -0.25) is 0 Å². The largest absolute Gasteiger partial charge is 0.371 e. The fourth-order valence-electron chi connectivity index (χ4n) is 3.14. The molecule has 1 N–H and O–H groups in total. The Morgan fingerprint density at radius 1 is 1.33 bits per heavy atom. The normalized spacial score (nSPS) is 22.7. The minimum Gasteiger partial charge on any atom is -0.371 e. The lowest BCUT2D eigenvalue weighted by atomic mass is 10.1. The third kappa shape index (κ3) is 3.74. The Hall–Kier alpha value is -1.13. The summed E-state index contributed by atoms with van der Waals surface area (Å²) >= 11 is 0. The van der Waals surface area contributed by atoms with Crippen LogP contribution in [0.15, 0.2) is 18.2 Å². The number of halogens is 1. The molecular weight excluding hydrogens is 265 g/mol. The molecule has 3 rings (SSSR count). The molecule has 0 spiro atoms. The molecule has 3 nitrogen and oxygen atoms in total. The molecule has 1 aromatic carbocycles. The average molecular weight is 291 g/mol. The second-order valence-electron chi connectivity index (χ2n) is 6.60. The number of rotatable bonds is 6. The number of hydrogen-bond donors (Lipinski definition) is 1. The summed E-state index contributed by atoms with van der Waals surface area (Å²) in [6.07, 6.45) is 4.99. The molecule has 1 saturated heterocycles. The van der Waals surface area contributed by atoms with E-state index in [2.05, 4.69) is 22.2 Å². The summed E-state index contributed by atoms with van der Waals surface area (Å²) in [6, 6.07) is 6.86. The van der Waals surface area contributed by atoms with Gasteiger partial charge in [-0.05, 0) is 57.0 Å². The second kappa shape index (κ2) is 6.32. The van der Waals surface area contributed by atoms with Crippen LogP contribution in [-0.2, 0) is 6.54 Å². The van der Waals surface area contributed by atoms with Gasteiger partial charge >= 0.3 is 0 Å². The van der Waals surface area contributed by atoms with Crippen molar-refractivity contribution in [2.45, 2.75) is 44.3 Å². The summed E-state index contributed by atoms with van der Waals surface area (Å²) in [6.45, 7) is 2.83. The van der Waals surface area contributed by atoms with E-state index < -0.39 is 0 Å². The average Bonchev–Trinajstić information content (AvgIpc) is 3.20. The summed E-state index contributed by atoms with van der Waals surface area (Å²) in [5.41, 5.74) is 1.75. The third-order valence-electron chi connectivity index (χ3n) is 4.75. The summed E-state index contributed by atoms with van der Waals surface area (Å²) in [5, 5.41) is 3.43.